The Kier molecular flexibility index (Phi) is 10.7. The van der Waals surface area contributed by atoms with Crippen molar-refractivity contribution >= 4 is 27.5 Å². The lowest BCUT2D eigenvalue weighted by Gasteiger charge is -2.33. The number of halogens is 1. The molecule has 4 aromatic carbocycles. The second kappa shape index (κ2) is 14.7. The molecule has 1 N–H and O–H groups in total. The molecular formula is C34H36FN3O5S. The highest BCUT2D eigenvalue weighted by Gasteiger charge is 2.34. The monoisotopic (exact) mass is 617 g/mol. The molecule has 0 saturated heterocycles. The van der Waals surface area contributed by atoms with Gasteiger partial charge >= 0.3 is 0 Å². The Bertz CT molecular complexity index is 1660. The van der Waals surface area contributed by atoms with Gasteiger partial charge in [0.05, 0.1) is 17.2 Å². The lowest BCUT2D eigenvalue weighted by atomic mass is 10.0. The maximum atomic E-state index is 14.3. The summed E-state index contributed by atoms with van der Waals surface area (Å²) >= 11 is 0. The highest BCUT2D eigenvalue weighted by molar-refractivity contribution is 7.92. The van der Waals surface area contributed by atoms with E-state index >= 15 is 0 Å². The molecular weight excluding hydrogens is 581 g/mol. The van der Waals surface area contributed by atoms with E-state index in [-0.39, 0.29) is 23.5 Å². The molecule has 0 fully saturated rings. The molecule has 2 amide bonds. The molecule has 0 radical (unpaired) electrons. The van der Waals surface area contributed by atoms with Gasteiger partial charge in [-0.1, -0.05) is 60.2 Å². The Morgan fingerprint density at radius 1 is 0.886 bits per heavy atom. The Balaban J connectivity index is 1.77. The maximum absolute atomic E-state index is 14.3. The number of sulfonamides is 1. The molecule has 230 valence electrons. The largest absolute Gasteiger partial charge is 0.494 e. The summed E-state index contributed by atoms with van der Waals surface area (Å²) < 4.78 is 48.4. The van der Waals surface area contributed by atoms with E-state index in [9.17, 15) is 22.4 Å². The third-order valence-corrected chi connectivity index (χ3v) is 8.86. The number of likely N-dealkylation sites (N-methyl/N-ethyl adjacent to an activating group) is 1. The Morgan fingerprint density at radius 3 is 2.16 bits per heavy atom. The number of benzene rings is 4. The van der Waals surface area contributed by atoms with Crippen LogP contribution in [-0.4, -0.2) is 51.4 Å². The molecule has 1 atom stereocenters. The first-order valence-electron chi connectivity index (χ1n) is 14.2. The number of nitrogens with one attached hydrogen (secondary N) is 1. The van der Waals surface area contributed by atoms with Crippen molar-refractivity contribution in [2.24, 2.45) is 0 Å². The molecule has 44 heavy (non-hydrogen) atoms. The minimum atomic E-state index is -4.31. The van der Waals surface area contributed by atoms with Gasteiger partial charge < -0.3 is 15.0 Å². The summed E-state index contributed by atoms with van der Waals surface area (Å²) in [6, 6.07) is 26.6. The summed E-state index contributed by atoms with van der Waals surface area (Å²) in [5, 5.41) is 2.66. The number of rotatable bonds is 13. The summed E-state index contributed by atoms with van der Waals surface area (Å²) in [5.41, 5.74) is 2.69. The van der Waals surface area contributed by atoms with Crippen LogP contribution in [0, 0.1) is 12.7 Å². The predicted octanol–water partition coefficient (Wildman–Crippen LogP) is 5.11. The van der Waals surface area contributed by atoms with Gasteiger partial charge in [-0.25, -0.2) is 12.8 Å². The molecule has 0 heterocycles. The highest BCUT2D eigenvalue weighted by atomic mass is 32.2. The third kappa shape index (κ3) is 8.02. The molecule has 0 aliphatic heterocycles. The van der Waals surface area contributed by atoms with E-state index in [2.05, 4.69) is 5.32 Å². The standard InChI is InChI=1S/C34H36FN3O5S/c1-4-43-30-17-19-31(20-18-30)44(41,42)38(29-15-13-28(35)14-16-29)24-33(39)37(23-27-12-8-9-25(2)21-27)32(34(40)36-3)22-26-10-6-5-7-11-26/h5-21,32H,4,22-24H2,1-3H3,(H,36,40)/t32-/m1/s1. The van der Waals surface area contributed by atoms with Crippen molar-refractivity contribution in [2.75, 3.05) is 24.5 Å². The van der Waals surface area contributed by atoms with Crippen molar-refractivity contribution in [3.63, 3.8) is 0 Å². The number of anilines is 1. The molecule has 4 aromatic rings. The number of nitrogens with zero attached hydrogens (tertiary/aromatic N) is 2. The number of amides is 2. The topological polar surface area (TPSA) is 96.0 Å². The van der Waals surface area contributed by atoms with Crippen molar-refractivity contribution < 1.29 is 27.1 Å². The van der Waals surface area contributed by atoms with Crippen LogP contribution in [-0.2, 0) is 32.6 Å². The van der Waals surface area contributed by atoms with Crippen molar-refractivity contribution in [1.29, 1.82) is 0 Å². The van der Waals surface area contributed by atoms with Crippen molar-refractivity contribution in [3.05, 3.63) is 126 Å². The van der Waals surface area contributed by atoms with E-state index < -0.39 is 40.2 Å². The van der Waals surface area contributed by atoms with Crippen LogP contribution < -0.4 is 14.4 Å². The van der Waals surface area contributed by atoms with Crippen molar-refractivity contribution in [2.45, 2.75) is 37.8 Å². The minimum Gasteiger partial charge on any atom is -0.494 e. The zero-order valence-electron chi connectivity index (χ0n) is 24.9. The van der Waals surface area contributed by atoms with Crippen LogP contribution in [0.5, 0.6) is 5.75 Å². The van der Waals surface area contributed by atoms with Crippen LogP contribution in [0.15, 0.2) is 108 Å². The zero-order chi connectivity index (χ0) is 31.7. The lowest BCUT2D eigenvalue weighted by molar-refractivity contribution is -0.139. The number of carbonyl (C=O) groups excluding carboxylic acids is 2. The van der Waals surface area contributed by atoms with Crippen LogP contribution in [0.25, 0.3) is 0 Å². The maximum Gasteiger partial charge on any atom is 0.264 e. The van der Waals surface area contributed by atoms with Crippen LogP contribution in [0.2, 0.25) is 0 Å². The first-order chi connectivity index (χ1) is 21.1. The highest BCUT2D eigenvalue weighted by Crippen LogP contribution is 2.27. The van der Waals surface area contributed by atoms with Gasteiger partial charge in [-0.2, -0.15) is 0 Å². The van der Waals surface area contributed by atoms with Gasteiger partial charge in [0.2, 0.25) is 11.8 Å². The van der Waals surface area contributed by atoms with Crippen LogP contribution in [0.3, 0.4) is 0 Å². The van der Waals surface area contributed by atoms with Gasteiger partial charge in [-0.05, 0) is 73.5 Å². The van der Waals surface area contributed by atoms with Crippen molar-refractivity contribution in [3.8, 4) is 5.75 Å². The minimum absolute atomic E-state index is 0.0613. The molecule has 0 unspecified atom stereocenters. The van der Waals surface area contributed by atoms with Crippen LogP contribution in [0.4, 0.5) is 10.1 Å². The van der Waals surface area contributed by atoms with E-state index in [4.69, 9.17) is 4.74 Å². The predicted molar refractivity (Wildman–Crippen MR) is 168 cm³/mol. The third-order valence-electron chi connectivity index (χ3n) is 7.07. The summed E-state index contributed by atoms with van der Waals surface area (Å²) in [6.07, 6.45) is 0.209. The average molecular weight is 618 g/mol. The normalized spacial score (nSPS) is 11.8. The zero-order valence-corrected chi connectivity index (χ0v) is 25.8. The lowest BCUT2D eigenvalue weighted by Crippen LogP contribution is -2.53. The summed E-state index contributed by atoms with van der Waals surface area (Å²) in [6.45, 7) is 3.59. The number of hydrogen-bond acceptors (Lipinski definition) is 5. The van der Waals surface area contributed by atoms with Crippen LogP contribution in [0.1, 0.15) is 23.6 Å². The van der Waals surface area contributed by atoms with Crippen molar-refractivity contribution in [1.82, 2.24) is 10.2 Å². The molecule has 4 rings (SSSR count). The molecule has 0 spiro atoms. The second-order valence-corrected chi connectivity index (χ2v) is 12.1. The smallest absolute Gasteiger partial charge is 0.264 e. The van der Waals surface area contributed by atoms with Crippen LogP contribution >= 0.6 is 0 Å². The van der Waals surface area contributed by atoms with E-state index in [1.54, 1.807) is 0 Å². The molecule has 0 saturated carbocycles. The van der Waals surface area contributed by atoms with E-state index in [0.29, 0.717) is 12.4 Å². The van der Waals surface area contributed by atoms with E-state index in [0.717, 1.165) is 33.1 Å². The molecule has 0 aliphatic rings. The van der Waals surface area contributed by atoms with Gasteiger partial charge in [0.15, 0.2) is 0 Å². The molecule has 10 heteroatoms. The average Bonchev–Trinajstić information content (AvgIpc) is 3.02. The SMILES string of the molecule is CCOc1ccc(S(=O)(=O)N(CC(=O)N(Cc2cccc(C)c2)[C@H](Cc2ccccc2)C(=O)NC)c2ccc(F)cc2)cc1. The van der Waals surface area contributed by atoms with E-state index in [1.807, 2.05) is 68.4 Å². The molecule has 0 aromatic heterocycles. The van der Waals surface area contributed by atoms with Gasteiger partial charge in [0.25, 0.3) is 10.0 Å². The Morgan fingerprint density at radius 2 is 1.55 bits per heavy atom. The summed E-state index contributed by atoms with van der Waals surface area (Å²) in [7, 11) is -2.81. The number of carbonyl (C=O) groups is 2. The first-order valence-corrected chi connectivity index (χ1v) is 15.7. The fourth-order valence-corrected chi connectivity index (χ4v) is 6.28. The fourth-order valence-electron chi connectivity index (χ4n) is 4.87. The van der Waals surface area contributed by atoms with Gasteiger partial charge in [0.1, 0.15) is 24.2 Å². The number of ether oxygens (including phenoxy) is 1. The Hall–Kier alpha value is -4.70. The second-order valence-electron chi connectivity index (χ2n) is 10.2. The summed E-state index contributed by atoms with van der Waals surface area (Å²) in [4.78, 5) is 29.0. The first kappa shape index (κ1) is 32.2. The quantitative estimate of drug-likeness (QED) is 0.225. The molecule has 0 aliphatic carbocycles. The number of hydrogen-bond donors (Lipinski definition) is 1. The van der Waals surface area contributed by atoms with Gasteiger partial charge in [0, 0.05) is 20.0 Å². The molecule has 8 nitrogen and oxygen atoms in total. The number of aryl methyl sites for hydroxylation is 1. The van der Waals surface area contributed by atoms with Gasteiger partial charge in [-0.3, -0.25) is 13.9 Å². The Labute approximate surface area is 258 Å². The van der Waals surface area contributed by atoms with E-state index in [1.165, 1.54) is 48.3 Å². The molecule has 0 bridgehead atoms. The fraction of sp³-hybridized carbons (Fsp3) is 0.235. The summed E-state index contributed by atoms with van der Waals surface area (Å²) in [5.74, 6) is -1.05. The van der Waals surface area contributed by atoms with Gasteiger partial charge in [-0.15, -0.1) is 0 Å².